The van der Waals surface area contributed by atoms with Crippen molar-refractivity contribution >= 4 is 25.5 Å². The number of piperidine rings is 1. The minimum absolute atomic E-state index is 0.0306. The molecule has 2 atom stereocenters. The summed E-state index contributed by atoms with van der Waals surface area (Å²) in [5.41, 5.74) is 6.43. The van der Waals surface area contributed by atoms with E-state index in [1.54, 1.807) is 0 Å². The molecule has 188 valence electrons. The van der Waals surface area contributed by atoms with Crippen LogP contribution in [0.5, 0.6) is 0 Å². The molecule has 1 spiro atoms. The highest BCUT2D eigenvalue weighted by molar-refractivity contribution is 7.90. The number of rotatable bonds is 2. The van der Waals surface area contributed by atoms with Crippen LogP contribution in [0.4, 0.5) is 4.79 Å². The van der Waals surface area contributed by atoms with Crippen molar-refractivity contribution in [2.75, 3.05) is 13.1 Å². The Kier molecular flexibility index (Phi) is 7.61. The maximum atomic E-state index is 13.2. The smallest absolute Gasteiger partial charge is 0.410 e. The van der Waals surface area contributed by atoms with Gasteiger partial charge >= 0.3 is 6.09 Å². The largest absolute Gasteiger partial charge is 0.598 e. The third-order valence-electron chi connectivity index (χ3n) is 6.39. The Hall–Kier alpha value is -1.46. The van der Waals surface area contributed by atoms with E-state index in [0.717, 1.165) is 24.8 Å². The summed E-state index contributed by atoms with van der Waals surface area (Å²) in [6, 6.07) is 6.50. The van der Waals surface area contributed by atoms with Gasteiger partial charge < -0.3 is 14.2 Å². The van der Waals surface area contributed by atoms with Gasteiger partial charge in [-0.3, -0.25) is 0 Å². The molecule has 1 amide bonds. The molecule has 0 bridgehead atoms. The highest BCUT2D eigenvalue weighted by Crippen LogP contribution is 2.53. The molecule has 3 rings (SSSR count). The van der Waals surface area contributed by atoms with Crippen LogP contribution in [0.25, 0.3) is 0 Å². The fourth-order valence-corrected chi connectivity index (χ4v) is 6.04. The molecule has 0 saturated carbocycles. The first kappa shape index (κ1) is 27.1. The molecule has 34 heavy (non-hydrogen) atoms. The predicted molar refractivity (Wildman–Crippen MR) is 144 cm³/mol. The summed E-state index contributed by atoms with van der Waals surface area (Å²) in [6.45, 7) is 19.7. The van der Waals surface area contributed by atoms with E-state index in [2.05, 4.69) is 54.0 Å². The number of benzene rings is 1. The first-order chi connectivity index (χ1) is 15.5. The molecule has 5 nitrogen and oxygen atoms in total. The number of carbonyl (C=O) groups is 1. The fraction of sp³-hybridized carbons (Fsp3) is 0.667. The number of carbonyl (C=O) groups excluding carboxylic acids is 1. The second-order valence-corrected chi connectivity index (χ2v) is 19.6. The summed E-state index contributed by atoms with van der Waals surface area (Å²) in [4.78, 5) is 14.5. The summed E-state index contributed by atoms with van der Waals surface area (Å²) in [6.07, 6.45) is 2.36. The van der Waals surface area contributed by atoms with Crippen molar-refractivity contribution in [1.29, 1.82) is 0 Å². The van der Waals surface area contributed by atoms with Gasteiger partial charge in [-0.25, -0.2) is 4.79 Å². The summed E-state index contributed by atoms with van der Waals surface area (Å²) >= 11 is -1.20. The lowest BCUT2D eigenvalue weighted by Crippen LogP contribution is -2.51. The molecule has 0 aromatic heterocycles. The number of hydrogen-bond donors (Lipinski definition) is 1. The summed E-state index contributed by atoms with van der Waals surface area (Å²) < 4.78 is 22.0. The molecular weight excluding hydrogens is 460 g/mol. The van der Waals surface area contributed by atoms with Crippen LogP contribution in [-0.4, -0.2) is 47.1 Å². The number of ether oxygens (including phenoxy) is 1. The van der Waals surface area contributed by atoms with Gasteiger partial charge in [-0.1, -0.05) is 31.6 Å². The molecule has 1 aromatic rings. The van der Waals surface area contributed by atoms with Gasteiger partial charge in [0.15, 0.2) is 0 Å². The third kappa shape index (κ3) is 6.60. The van der Waals surface area contributed by atoms with E-state index in [1.165, 1.54) is 11.1 Å². The molecule has 1 saturated heterocycles. The number of nitrogens with zero attached hydrogens (tertiary/aromatic N) is 1. The van der Waals surface area contributed by atoms with Crippen molar-refractivity contribution in [2.45, 2.75) is 96.8 Å². The van der Waals surface area contributed by atoms with Gasteiger partial charge in [0, 0.05) is 35.4 Å². The Balaban J connectivity index is 1.89. The zero-order valence-corrected chi connectivity index (χ0v) is 24.2. The van der Waals surface area contributed by atoms with E-state index in [9.17, 15) is 9.35 Å². The van der Waals surface area contributed by atoms with Crippen LogP contribution in [0.15, 0.2) is 18.2 Å². The summed E-state index contributed by atoms with van der Waals surface area (Å²) in [5, 5.41) is 0. The average molecular weight is 503 g/mol. The number of hydrogen-bond acceptors (Lipinski definition) is 4. The number of likely N-dealkylation sites (tertiary alicyclic amines) is 1. The lowest BCUT2D eigenvalue weighted by atomic mass is 9.73. The maximum Gasteiger partial charge on any atom is 0.410 e. The van der Waals surface area contributed by atoms with E-state index in [4.69, 9.17) is 4.74 Å². The topological polar surface area (TPSA) is 64.6 Å². The highest BCUT2D eigenvalue weighted by Gasteiger charge is 2.51. The SMILES string of the molecule is CC(C)(C)OC(=O)N1CCC2(CC1)Cc1ccc(C#C[Si](C)(C)C)cc1[C@H]2N[S@+]([O-])C(C)(C)C. The van der Waals surface area contributed by atoms with Crippen LogP contribution < -0.4 is 4.72 Å². The van der Waals surface area contributed by atoms with Gasteiger partial charge in [0.1, 0.15) is 18.4 Å². The minimum Gasteiger partial charge on any atom is -0.598 e. The number of nitrogens with one attached hydrogen (secondary N) is 1. The van der Waals surface area contributed by atoms with Crippen molar-refractivity contribution in [3.8, 4) is 11.5 Å². The van der Waals surface area contributed by atoms with Gasteiger partial charge in [0.05, 0.1) is 6.04 Å². The lowest BCUT2D eigenvalue weighted by molar-refractivity contribution is 0.00716. The van der Waals surface area contributed by atoms with Crippen LogP contribution in [0.3, 0.4) is 0 Å². The standard InChI is InChI=1S/C27H42N2O3SSi/c1-25(2,3)32-24(30)29-15-13-27(14-16-29)19-21-11-10-20(12-17-34(7,8)9)18-22(21)23(27)28-33(31)26(4,5)6/h10-11,18,23,28H,13-16,19H2,1-9H3/t23-,33-/m1/s1. The molecule has 0 unspecified atom stereocenters. The summed E-state index contributed by atoms with van der Waals surface area (Å²) in [7, 11) is -1.48. The Morgan fingerprint density at radius 2 is 1.79 bits per heavy atom. The Bertz CT molecular complexity index is 971. The normalized spacial score (nSPS) is 21.0. The van der Waals surface area contributed by atoms with E-state index in [1.807, 2.05) is 46.4 Å². The molecule has 1 heterocycles. The molecular formula is C27H42N2O3SSi. The molecule has 1 N–H and O–H groups in total. The lowest BCUT2D eigenvalue weighted by Gasteiger charge is -2.43. The highest BCUT2D eigenvalue weighted by atomic mass is 32.2. The fourth-order valence-electron chi connectivity index (χ4n) is 4.57. The molecule has 1 aliphatic heterocycles. The molecule has 1 fully saturated rings. The van der Waals surface area contributed by atoms with Crippen molar-refractivity contribution in [2.24, 2.45) is 5.41 Å². The van der Waals surface area contributed by atoms with E-state index in [-0.39, 0.29) is 22.3 Å². The van der Waals surface area contributed by atoms with Crippen LogP contribution in [0.2, 0.25) is 19.6 Å². The van der Waals surface area contributed by atoms with E-state index >= 15 is 0 Å². The van der Waals surface area contributed by atoms with Crippen LogP contribution >= 0.6 is 0 Å². The third-order valence-corrected chi connectivity index (χ3v) is 8.82. The second kappa shape index (κ2) is 9.53. The molecule has 2 aliphatic rings. The first-order valence-corrected chi connectivity index (χ1v) is 17.0. The number of amides is 1. The molecule has 1 aliphatic carbocycles. The Morgan fingerprint density at radius 1 is 1.18 bits per heavy atom. The molecule has 1 aromatic carbocycles. The van der Waals surface area contributed by atoms with Gasteiger partial charge in [-0.2, -0.15) is 0 Å². The van der Waals surface area contributed by atoms with Crippen LogP contribution in [0, 0.1) is 16.9 Å². The zero-order valence-electron chi connectivity index (χ0n) is 22.4. The monoisotopic (exact) mass is 502 g/mol. The first-order valence-electron chi connectivity index (χ1n) is 12.3. The average Bonchev–Trinajstić information content (AvgIpc) is 2.96. The van der Waals surface area contributed by atoms with Crippen molar-refractivity contribution < 1.29 is 14.1 Å². The van der Waals surface area contributed by atoms with E-state index in [0.29, 0.717) is 13.1 Å². The molecule has 7 heteroatoms. The maximum absolute atomic E-state index is 13.2. The predicted octanol–water partition coefficient (Wildman–Crippen LogP) is 5.58. The summed E-state index contributed by atoms with van der Waals surface area (Å²) in [5.74, 6) is 3.39. The van der Waals surface area contributed by atoms with E-state index < -0.39 is 25.0 Å². The van der Waals surface area contributed by atoms with Crippen LogP contribution in [-0.2, 0) is 22.5 Å². The quantitative estimate of drug-likeness (QED) is 0.326. The zero-order chi connectivity index (χ0) is 25.5. The van der Waals surface area contributed by atoms with Crippen molar-refractivity contribution in [3.63, 3.8) is 0 Å². The minimum atomic E-state index is -1.48. The van der Waals surface area contributed by atoms with Crippen molar-refractivity contribution in [1.82, 2.24) is 9.62 Å². The van der Waals surface area contributed by atoms with Gasteiger partial charge in [-0.05, 0) is 84.1 Å². The van der Waals surface area contributed by atoms with Gasteiger partial charge in [-0.15, -0.1) is 10.3 Å². The van der Waals surface area contributed by atoms with Gasteiger partial charge in [0.25, 0.3) is 0 Å². The van der Waals surface area contributed by atoms with Gasteiger partial charge in [0.2, 0.25) is 0 Å². The number of fused-ring (bicyclic) bond motifs is 1. The van der Waals surface area contributed by atoms with Crippen molar-refractivity contribution in [3.05, 3.63) is 34.9 Å². The Labute approximate surface area is 210 Å². The Morgan fingerprint density at radius 3 is 2.32 bits per heavy atom. The molecule has 0 radical (unpaired) electrons. The van der Waals surface area contributed by atoms with Crippen LogP contribution in [0.1, 0.15) is 77.1 Å². The second-order valence-electron chi connectivity index (χ2n) is 12.9.